The minimum atomic E-state index is -0.589. The summed E-state index contributed by atoms with van der Waals surface area (Å²) in [7, 11) is 3.12. The minimum Gasteiger partial charge on any atom is -0.495 e. The molecule has 0 saturated heterocycles. The number of carbonyl (C=O) groups excluding carboxylic acids is 4. The lowest BCUT2D eigenvalue weighted by molar-refractivity contribution is 0.0525. The van der Waals surface area contributed by atoms with E-state index in [-0.39, 0.29) is 12.5 Å². The molecule has 0 radical (unpaired) electrons. The summed E-state index contributed by atoms with van der Waals surface area (Å²) in [6.07, 6.45) is 0.791. The molecule has 13 nitrogen and oxygen atoms in total. The molecule has 0 aliphatic heterocycles. The number of anilines is 2. The zero-order chi connectivity index (χ0) is 39.8. The summed E-state index contributed by atoms with van der Waals surface area (Å²) in [6.45, 7) is 8.70. The molecule has 55 heavy (non-hydrogen) atoms. The van der Waals surface area contributed by atoms with Crippen LogP contribution in [0.4, 0.5) is 21.0 Å². The number of amides is 4. The normalized spacial score (nSPS) is 10.8. The van der Waals surface area contributed by atoms with Crippen LogP contribution in [-0.2, 0) is 4.74 Å². The van der Waals surface area contributed by atoms with E-state index >= 15 is 0 Å². The van der Waals surface area contributed by atoms with Gasteiger partial charge in [-0.15, -0.1) is 0 Å². The van der Waals surface area contributed by atoms with E-state index in [9.17, 15) is 19.2 Å². The lowest BCUT2D eigenvalue weighted by atomic mass is 10.1. The fourth-order valence-electron chi connectivity index (χ4n) is 5.20. The fraction of sp³-hybridized carbons (Fsp3) is 0.333. The Balaban J connectivity index is 1.31. The summed E-state index contributed by atoms with van der Waals surface area (Å²) in [4.78, 5) is 52.5. The predicted molar refractivity (Wildman–Crippen MR) is 211 cm³/mol. The van der Waals surface area contributed by atoms with Gasteiger partial charge in [0.2, 0.25) is 0 Å². The van der Waals surface area contributed by atoms with Crippen LogP contribution in [0, 0.1) is 6.92 Å². The van der Waals surface area contributed by atoms with Gasteiger partial charge in [0.05, 0.1) is 37.3 Å². The third-order valence-electron chi connectivity index (χ3n) is 7.91. The number of methoxy groups -OCH3 is 1. The maximum absolute atomic E-state index is 13.7. The summed E-state index contributed by atoms with van der Waals surface area (Å²) in [5.41, 5.74) is 1.96. The molecule has 0 saturated carbocycles. The highest BCUT2D eigenvalue weighted by Crippen LogP contribution is 2.32. The van der Waals surface area contributed by atoms with Gasteiger partial charge in [-0.2, -0.15) is 0 Å². The average Bonchev–Trinajstić information content (AvgIpc) is 3.15. The quantitative estimate of drug-likeness (QED) is 0.0918. The first-order valence-electron chi connectivity index (χ1n) is 18.0. The van der Waals surface area contributed by atoms with Crippen LogP contribution in [0.5, 0.6) is 23.0 Å². The Labute approximate surface area is 322 Å². The highest BCUT2D eigenvalue weighted by atomic mass is 16.6. The molecule has 4 rings (SSSR count). The Hall–Kier alpha value is -6.24. The number of ether oxygens (including phenoxy) is 5. The van der Waals surface area contributed by atoms with Crippen LogP contribution < -0.4 is 39.8 Å². The number of alkyl carbamates (subject to hydrolysis) is 1. The molecule has 0 fully saturated rings. The number of nitrogens with zero attached hydrogens (tertiary/aromatic N) is 1. The zero-order valence-electron chi connectivity index (χ0n) is 32.2. The smallest absolute Gasteiger partial charge is 0.412 e. The molecule has 4 aromatic carbocycles. The summed E-state index contributed by atoms with van der Waals surface area (Å²) in [5.74, 6) is 0.941. The Morgan fingerprint density at radius 2 is 1.38 bits per heavy atom. The first-order valence-corrected chi connectivity index (χ1v) is 18.0. The second-order valence-electron chi connectivity index (χ2n) is 13.5. The van der Waals surface area contributed by atoms with Crippen molar-refractivity contribution in [3.63, 3.8) is 0 Å². The van der Waals surface area contributed by atoms with Crippen molar-refractivity contribution in [2.45, 2.75) is 52.6 Å². The molecule has 0 aliphatic carbocycles. The fourth-order valence-corrected chi connectivity index (χ4v) is 5.20. The number of para-hydroxylation sites is 2. The van der Waals surface area contributed by atoms with Crippen LogP contribution in [0.25, 0.3) is 0 Å². The number of hydrogen-bond donors (Lipinski definition) is 3. The molecule has 0 atom stereocenters. The van der Waals surface area contributed by atoms with Gasteiger partial charge in [-0.1, -0.05) is 36.4 Å². The maximum Gasteiger partial charge on any atom is 0.412 e. The van der Waals surface area contributed by atoms with Crippen LogP contribution in [0.2, 0.25) is 0 Å². The SMILES string of the molecule is COc1cc(C(=O)N(C)c2ccc(C)cc2OCCCCNC(=O)Oc2ccccc2)ccc1NC(=O)c1ccccc1OCCCNC(=O)OC(C)(C)C. The third kappa shape index (κ3) is 13.3. The number of carbonyl (C=O) groups is 4. The Bertz CT molecular complexity index is 1910. The van der Waals surface area contributed by atoms with Gasteiger partial charge in [-0.25, -0.2) is 9.59 Å². The number of unbranched alkanes of at least 4 members (excludes halogenated alkanes) is 1. The van der Waals surface area contributed by atoms with Gasteiger partial charge in [-0.05, 0) is 107 Å². The van der Waals surface area contributed by atoms with E-state index in [4.69, 9.17) is 23.7 Å². The van der Waals surface area contributed by atoms with E-state index in [0.29, 0.717) is 84.5 Å². The second-order valence-corrected chi connectivity index (χ2v) is 13.5. The minimum absolute atomic E-state index is 0.256. The van der Waals surface area contributed by atoms with Crippen LogP contribution in [0.1, 0.15) is 66.3 Å². The lowest BCUT2D eigenvalue weighted by Crippen LogP contribution is -2.33. The van der Waals surface area contributed by atoms with Crippen molar-refractivity contribution in [2.75, 3.05) is 50.7 Å². The summed E-state index contributed by atoms with van der Waals surface area (Å²) >= 11 is 0. The van der Waals surface area contributed by atoms with Gasteiger partial charge in [0.1, 0.15) is 28.6 Å². The first kappa shape index (κ1) is 41.5. The molecule has 4 aromatic rings. The van der Waals surface area contributed by atoms with E-state index in [0.717, 1.165) is 5.56 Å². The summed E-state index contributed by atoms with van der Waals surface area (Å²) in [5, 5.41) is 8.28. The molecular formula is C42H50N4O9. The lowest BCUT2D eigenvalue weighted by Gasteiger charge is -2.22. The molecule has 0 aromatic heterocycles. The van der Waals surface area contributed by atoms with Crippen molar-refractivity contribution < 1.29 is 42.9 Å². The average molecular weight is 755 g/mol. The van der Waals surface area contributed by atoms with Crippen LogP contribution >= 0.6 is 0 Å². The van der Waals surface area contributed by atoms with Crippen molar-refractivity contribution in [3.8, 4) is 23.0 Å². The van der Waals surface area contributed by atoms with Gasteiger partial charge in [-0.3, -0.25) is 9.59 Å². The topological polar surface area (TPSA) is 154 Å². The van der Waals surface area contributed by atoms with Gasteiger partial charge in [0, 0.05) is 25.7 Å². The number of hydrogen-bond acceptors (Lipinski definition) is 9. The highest BCUT2D eigenvalue weighted by molar-refractivity contribution is 6.09. The zero-order valence-corrected chi connectivity index (χ0v) is 32.2. The van der Waals surface area contributed by atoms with E-state index in [1.165, 1.54) is 12.0 Å². The molecule has 13 heteroatoms. The number of rotatable bonds is 17. The molecule has 0 bridgehead atoms. The monoisotopic (exact) mass is 754 g/mol. The second kappa shape index (κ2) is 20.3. The van der Waals surface area contributed by atoms with Gasteiger partial charge < -0.3 is 44.5 Å². The molecule has 0 aliphatic rings. The Morgan fingerprint density at radius 1 is 0.709 bits per heavy atom. The third-order valence-corrected chi connectivity index (χ3v) is 7.91. The van der Waals surface area contributed by atoms with Crippen LogP contribution in [0.15, 0.2) is 91.0 Å². The van der Waals surface area contributed by atoms with E-state index < -0.39 is 23.7 Å². The molecule has 3 N–H and O–H groups in total. The van der Waals surface area contributed by atoms with Crippen molar-refractivity contribution in [2.24, 2.45) is 0 Å². The van der Waals surface area contributed by atoms with Gasteiger partial charge >= 0.3 is 12.2 Å². The maximum atomic E-state index is 13.7. The van der Waals surface area contributed by atoms with E-state index in [1.807, 2.05) is 31.2 Å². The summed E-state index contributed by atoms with van der Waals surface area (Å²) in [6, 6.07) is 26.1. The molecular weight excluding hydrogens is 704 g/mol. The first-order chi connectivity index (χ1) is 26.3. The molecule has 4 amide bonds. The standard InChI is InChI=1S/C42H50N4O9/c1-29-19-22-34(37(27-29)53-25-13-12-23-43-40(49)54-31-15-8-7-9-16-31)46(5)39(48)30-20-21-33(36(28-30)51-6)45-38(47)32-17-10-11-18-35(32)52-26-14-24-44-41(50)55-42(2,3)4/h7-11,15-22,27-28H,12-14,23-26H2,1-6H3,(H,43,49)(H,44,50)(H,45,47). The van der Waals surface area contributed by atoms with Crippen LogP contribution in [-0.4, -0.2) is 70.1 Å². The highest BCUT2D eigenvalue weighted by Gasteiger charge is 2.21. The number of nitrogens with one attached hydrogen (secondary N) is 3. The molecule has 0 unspecified atom stereocenters. The van der Waals surface area contributed by atoms with E-state index in [1.54, 1.807) is 94.5 Å². The molecule has 0 spiro atoms. The van der Waals surface area contributed by atoms with Crippen molar-refractivity contribution >= 4 is 35.4 Å². The number of benzene rings is 4. The molecule has 0 heterocycles. The van der Waals surface area contributed by atoms with Gasteiger partial charge in [0.25, 0.3) is 11.8 Å². The largest absolute Gasteiger partial charge is 0.495 e. The van der Waals surface area contributed by atoms with Crippen molar-refractivity contribution in [3.05, 3.63) is 108 Å². The Kier molecular flexibility index (Phi) is 15.3. The van der Waals surface area contributed by atoms with Gasteiger partial charge in [0.15, 0.2) is 0 Å². The summed E-state index contributed by atoms with van der Waals surface area (Å²) < 4.78 is 28.0. The number of aryl methyl sites for hydroxylation is 1. The predicted octanol–water partition coefficient (Wildman–Crippen LogP) is 7.77. The van der Waals surface area contributed by atoms with Crippen molar-refractivity contribution in [1.29, 1.82) is 0 Å². The van der Waals surface area contributed by atoms with Crippen LogP contribution in [0.3, 0.4) is 0 Å². The van der Waals surface area contributed by atoms with Crippen molar-refractivity contribution in [1.82, 2.24) is 10.6 Å². The molecule has 292 valence electrons. The Morgan fingerprint density at radius 3 is 2.13 bits per heavy atom. The van der Waals surface area contributed by atoms with E-state index in [2.05, 4.69) is 16.0 Å².